The first-order valence-electron chi connectivity index (χ1n) is 7.91. The van der Waals surface area contributed by atoms with Crippen LogP contribution < -0.4 is 15.4 Å². The fraction of sp³-hybridized carbons (Fsp3) is 0.316. The second kappa shape index (κ2) is 8.93. The Kier molecular flexibility index (Phi) is 6.63. The lowest BCUT2D eigenvalue weighted by molar-refractivity contribution is -0.114. The van der Waals surface area contributed by atoms with Crippen LogP contribution in [0.4, 0.5) is 11.4 Å². The first-order chi connectivity index (χ1) is 11.6. The summed E-state index contributed by atoms with van der Waals surface area (Å²) in [4.78, 5) is 12.1. The first-order valence-corrected chi connectivity index (χ1v) is 7.91. The number of hydrogen-bond donors (Lipinski definition) is 2. The number of ether oxygens (including phenoxy) is 2. The van der Waals surface area contributed by atoms with E-state index in [2.05, 4.69) is 16.7 Å². The molecule has 0 saturated carbocycles. The lowest BCUT2D eigenvalue weighted by Gasteiger charge is -2.11. The van der Waals surface area contributed by atoms with Crippen molar-refractivity contribution < 1.29 is 14.3 Å². The Morgan fingerprint density at radius 2 is 1.92 bits per heavy atom. The number of methoxy groups -OCH3 is 1. The van der Waals surface area contributed by atoms with Crippen molar-refractivity contribution in [3.05, 3.63) is 53.6 Å². The summed E-state index contributed by atoms with van der Waals surface area (Å²) < 4.78 is 10.5. The van der Waals surface area contributed by atoms with Crippen molar-refractivity contribution in [2.45, 2.75) is 13.8 Å². The predicted molar refractivity (Wildman–Crippen MR) is 96.8 cm³/mol. The van der Waals surface area contributed by atoms with Crippen molar-refractivity contribution in [1.82, 2.24) is 0 Å². The fourth-order valence-corrected chi connectivity index (χ4v) is 2.30. The van der Waals surface area contributed by atoms with Crippen LogP contribution in [0.15, 0.2) is 42.5 Å². The highest BCUT2D eigenvalue weighted by Gasteiger charge is 2.05. The van der Waals surface area contributed by atoms with Crippen molar-refractivity contribution >= 4 is 17.3 Å². The van der Waals surface area contributed by atoms with Crippen LogP contribution >= 0.6 is 0 Å². The van der Waals surface area contributed by atoms with Gasteiger partial charge >= 0.3 is 0 Å². The lowest BCUT2D eigenvalue weighted by Crippen LogP contribution is -2.22. The van der Waals surface area contributed by atoms with E-state index in [1.807, 2.05) is 44.2 Å². The molecule has 2 N–H and O–H groups in total. The summed E-state index contributed by atoms with van der Waals surface area (Å²) >= 11 is 0. The number of carbonyl (C=O) groups excluding carboxylic acids is 1. The van der Waals surface area contributed by atoms with Gasteiger partial charge in [-0.05, 0) is 37.6 Å². The maximum Gasteiger partial charge on any atom is 0.243 e. The van der Waals surface area contributed by atoms with E-state index in [1.165, 1.54) is 5.56 Å². The van der Waals surface area contributed by atoms with Gasteiger partial charge in [0.25, 0.3) is 0 Å². The maximum absolute atomic E-state index is 12.1. The molecule has 0 heterocycles. The minimum absolute atomic E-state index is 0.107. The van der Waals surface area contributed by atoms with E-state index in [9.17, 15) is 4.79 Å². The smallest absolute Gasteiger partial charge is 0.243 e. The zero-order valence-corrected chi connectivity index (χ0v) is 14.4. The van der Waals surface area contributed by atoms with E-state index in [0.717, 1.165) is 11.3 Å². The summed E-state index contributed by atoms with van der Waals surface area (Å²) in [5, 5.41) is 6.02. The Morgan fingerprint density at radius 3 is 2.67 bits per heavy atom. The van der Waals surface area contributed by atoms with E-state index in [-0.39, 0.29) is 12.5 Å². The van der Waals surface area contributed by atoms with E-state index in [1.54, 1.807) is 13.2 Å². The summed E-state index contributed by atoms with van der Waals surface area (Å²) in [6, 6.07) is 13.4. The largest absolute Gasteiger partial charge is 0.491 e. The Bertz CT molecular complexity index is 686. The molecule has 0 saturated heterocycles. The number of amides is 1. The summed E-state index contributed by atoms with van der Waals surface area (Å²) in [5.74, 6) is 0.594. The van der Waals surface area contributed by atoms with Gasteiger partial charge in [-0.1, -0.05) is 23.8 Å². The molecule has 0 spiro atoms. The van der Waals surface area contributed by atoms with Gasteiger partial charge in [0.05, 0.1) is 13.2 Å². The van der Waals surface area contributed by atoms with Crippen LogP contribution in [0.2, 0.25) is 0 Å². The average molecular weight is 328 g/mol. The number of carbonyl (C=O) groups is 1. The van der Waals surface area contributed by atoms with Crippen molar-refractivity contribution in [2.24, 2.45) is 0 Å². The van der Waals surface area contributed by atoms with Crippen molar-refractivity contribution in [1.29, 1.82) is 0 Å². The summed E-state index contributed by atoms with van der Waals surface area (Å²) in [6.45, 7) is 5.27. The van der Waals surface area contributed by atoms with Gasteiger partial charge in [0.1, 0.15) is 12.4 Å². The monoisotopic (exact) mass is 328 g/mol. The predicted octanol–water partition coefficient (Wildman–Crippen LogP) is 3.38. The molecule has 0 radical (unpaired) electrons. The summed E-state index contributed by atoms with van der Waals surface area (Å²) in [5.41, 5.74) is 3.99. The molecule has 0 aliphatic heterocycles. The highest BCUT2D eigenvalue weighted by Crippen LogP contribution is 2.18. The highest BCUT2D eigenvalue weighted by atomic mass is 16.5. The van der Waals surface area contributed by atoms with E-state index < -0.39 is 0 Å². The van der Waals surface area contributed by atoms with E-state index >= 15 is 0 Å². The Hall–Kier alpha value is -2.53. The lowest BCUT2D eigenvalue weighted by atomic mass is 10.1. The molecule has 5 nitrogen and oxygen atoms in total. The second-order valence-electron chi connectivity index (χ2n) is 5.59. The van der Waals surface area contributed by atoms with Gasteiger partial charge in [-0.25, -0.2) is 0 Å². The van der Waals surface area contributed by atoms with Crippen molar-refractivity contribution in [3.8, 4) is 5.75 Å². The number of nitrogens with one attached hydrogen (secondary N) is 2. The number of hydrogen-bond acceptors (Lipinski definition) is 4. The zero-order valence-electron chi connectivity index (χ0n) is 14.4. The van der Waals surface area contributed by atoms with Gasteiger partial charge in [-0.15, -0.1) is 0 Å². The van der Waals surface area contributed by atoms with E-state index in [0.29, 0.717) is 24.7 Å². The summed E-state index contributed by atoms with van der Waals surface area (Å²) in [6.07, 6.45) is 0. The normalized spacial score (nSPS) is 10.3. The molecule has 2 aromatic rings. The SMILES string of the molecule is COCCOc1cccc(NC(=O)CNc2ccc(C)cc2C)c1. The highest BCUT2D eigenvalue weighted by molar-refractivity contribution is 5.94. The molecule has 128 valence electrons. The van der Waals surface area contributed by atoms with Crippen LogP contribution in [0, 0.1) is 13.8 Å². The number of rotatable bonds is 8. The molecule has 2 aromatic carbocycles. The molecular formula is C19H24N2O3. The van der Waals surface area contributed by atoms with Gasteiger partial charge in [-0.2, -0.15) is 0 Å². The fourth-order valence-electron chi connectivity index (χ4n) is 2.30. The number of aryl methyl sites for hydroxylation is 2. The molecule has 0 unspecified atom stereocenters. The van der Waals surface area contributed by atoms with Crippen LogP contribution in [0.25, 0.3) is 0 Å². The van der Waals surface area contributed by atoms with Gasteiger partial charge in [-0.3, -0.25) is 4.79 Å². The van der Waals surface area contributed by atoms with Crippen LogP contribution in [0.1, 0.15) is 11.1 Å². The van der Waals surface area contributed by atoms with Gasteiger partial charge < -0.3 is 20.1 Å². The molecular weight excluding hydrogens is 304 g/mol. The molecule has 0 fully saturated rings. The van der Waals surface area contributed by atoms with Crippen LogP contribution in [-0.4, -0.2) is 32.8 Å². The van der Waals surface area contributed by atoms with Crippen LogP contribution in [0.3, 0.4) is 0 Å². The Balaban J connectivity index is 1.86. The Morgan fingerprint density at radius 1 is 1.08 bits per heavy atom. The molecule has 0 aliphatic carbocycles. The standard InChI is InChI=1S/C19H24N2O3/c1-14-7-8-18(15(2)11-14)20-13-19(22)21-16-5-4-6-17(12-16)24-10-9-23-3/h4-8,11-12,20H,9-10,13H2,1-3H3,(H,21,22). The molecule has 2 rings (SSSR count). The van der Waals surface area contributed by atoms with Crippen LogP contribution in [-0.2, 0) is 9.53 Å². The van der Waals surface area contributed by atoms with Crippen molar-refractivity contribution in [3.63, 3.8) is 0 Å². The number of benzene rings is 2. The third-order valence-electron chi connectivity index (χ3n) is 3.50. The topological polar surface area (TPSA) is 59.6 Å². The molecule has 0 aromatic heterocycles. The minimum atomic E-state index is -0.107. The molecule has 0 atom stereocenters. The average Bonchev–Trinajstić information content (AvgIpc) is 2.55. The molecule has 0 aliphatic rings. The number of anilines is 2. The van der Waals surface area contributed by atoms with Gasteiger partial charge in [0.2, 0.25) is 5.91 Å². The van der Waals surface area contributed by atoms with Crippen LogP contribution in [0.5, 0.6) is 5.75 Å². The second-order valence-corrected chi connectivity index (χ2v) is 5.59. The third-order valence-corrected chi connectivity index (χ3v) is 3.50. The first kappa shape index (κ1) is 17.8. The Labute approximate surface area is 143 Å². The van der Waals surface area contributed by atoms with Crippen molar-refractivity contribution in [2.75, 3.05) is 37.5 Å². The molecule has 24 heavy (non-hydrogen) atoms. The third kappa shape index (κ3) is 5.59. The minimum Gasteiger partial charge on any atom is -0.491 e. The summed E-state index contributed by atoms with van der Waals surface area (Å²) in [7, 11) is 1.63. The van der Waals surface area contributed by atoms with E-state index in [4.69, 9.17) is 9.47 Å². The molecule has 0 bridgehead atoms. The molecule has 1 amide bonds. The quantitative estimate of drug-likeness (QED) is 0.729. The van der Waals surface area contributed by atoms with Gasteiger partial charge in [0, 0.05) is 24.6 Å². The zero-order chi connectivity index (χ0) is 17.4. The van der Waals surface area contributed by atoms with Gasteiger partial charge in [0.15, 0.2) is 0 Å². The maximum atomic E-state index is 12.1. The molecule has 5 heteroatoms.